The smallest absolute Gasteiger partial charge is 0.319 e. The number of aryl methyl sites for hydroxylation is 1. The fraction of sp³-hybridized carbons (Fsp3) is 0.533. The summed E-state index contributed by atoms with van der Waals surface area (Å²) in [5.41, 5.74) is 1.89. The van der Waals surface area contributed by atoms with Crippen LogP contribution < -0.4 is 10.6 Å². The Hall–Kier alpha value is -1.60. The van der Waals surface area contributed by atoms with Crippen LogP contribution in [0.25, 0.3) is 0 Å². The van der Waals surface area contributed by atoms with Gasteiger partial charge in [0.05, 0.1) is 6.26 Å². The van der Waals surface area contributed by atoms with Gasteiger partial charge in [-0.15, -0.1) is 0 Å². The quantitative estimate of drug-likeness (QED) is 0.886. The molecule has 122 valence electrons. The van der Waals surface area contributed by atoms with Gasteiger partial charge < -0.3 is 10.6 Å². The third kappa shape index (κ3) is 4.71. The van der Waals surface area contributed by atoms with Gasteiger partial charge in [-0.3, -0.25) is 0 Å². The van der Waals surface area contributed by atoms with Gasteiger partial charge in [-0.05, 0) is 37.0 Å². The molecular weight excluding hydrogens is 302 g/mol. The fourth-order valence-corrected chi connectivity index (χ4v) is 3.49. The molecule has 0 bridgehead atoms. The van der Waals surface area contributed by atoms with E-state index in [1.165, 1.54) is 10.6 Å². The van der Waals surface area contributed by atoms with Crippen molar-refractivity contribution in [3.8, 4) is 0 Å². The molecule has 0 saturated carbocycles. The maximum atomic E-state index is 12.0. The van der Waals surface area contributed by atoms with Crippen LogP contribution in [0.15, 0.2) is 24.3 Å². The van der Waals surface area contributed by atoms with Crippen LogP contribution >= 0.6 is 0 Å². The van der Waals surface area contributed by atoms with Gasteiger partial charge in [0.15, 0.2) is 0 Å². The molecule has 7 heteroatoms. The lowest BCUT2D eigenvalue weighted by Gasteiger charge is -2.31. The highest BCUT2D eigenvalue weighted by atomic mass is 32.2. The van der Waals surface area contributed by atoms with Gasteiger partial charge in [-0.2, -0.15) is 0 Å². The number of amides is 2. The highest BCUT2D eigenvalue weighted by Gasteiger charge is 2.26. The van der Waals surface area contributed by atoms with Crippen molar-refractivity contribution in [3.63, 3.8) is 0 Å². The molecule has 0 spiro atoms. The summed E-state index contributed by atoms with van der Waals surface area (Å²) in [4.78, 5) is 12.0. The zero-order valence-electron chi connectivity index (χ0n) is 13.0. The average molecular weight is 325 g/mol. The fourth-order valence-electron chi connectivity index (χ4n) is 2.58. The van der Waals surface area contributed by atoms with Crippen LogP contribution in [0.4, 0.5) is 10.5 Å². The Labute approximate surface area is 131 Å². The van der Waals surface area contributed by atoms with E-state index < -0.39 is 10.0 Å². The first-order valence-corrected chi connectivity index (χ1v) is 9.35. The number of hydrogen-bond acceptors (Lipinski definition) is 3. The molecule has 2 N–H and O–H groups in total. The molecule has 1 aliphatic heterocycles. The highest BCUT2D eigenvalue weighted by Crippen LogP contribution is 2.14. The molecule has 2 amide bonds. The van der Waals surface area contributed by atoms with E-state index in [1.807, 2.05) is 24.3 Å². The minimum Gasteiger partial charge on any atom is -0.334 e. The van der Waals surface area contributed by atoms with E-state index in [1.54, 1.807) is 0 Å². The number of benzene rings is 1. The number of carbonyl (C=O) groups excluding carboxylic acids is 1. The van der Waals surface area contributed by atoms with Crippen LogP contribution in [0, 0.1) is 0 Å². The van der Waals surface area contributed by atoms with Gasteiger partial charge in [-0.1, -0.05) is 19.1 Å². The Morgan fingerprint density at radius 1 is 1.41 bits per heavy atom. The van der Waals surface area contributed by atoms with Gasteiger partial charge in [0, 0.05) is 24.8 Å². The summed E-state index contributed by atoms with van der Waals surface area (Å²) in [6.07, 6.45) is 3.65. The van der Waals surface area contributed by atoms with Gasteiger partial charge in [0.2, 0.25) is 10.0 Å². The summed E-state index contributed by atoms with van der Waals surface area (Å²) >= 11 is 0. The van der Waals surface area contributed by atoms with Crippen molar-refractivity contribution in [1.82, 2.24) is 9.62 Å². The number of piperidine rings is 1. The molecule has 1 saturated heterocycles. The molecule has 0 aliphatic carbocycles. The lowest BCUT2D eigenvalue weighted by atomic mass is 10.1. The third-order valence-electron chi connectivity index (χ3n) is 3.78. The Kier molecular flexibility index (Phi) is 5.42. The second-order valence-electron chi connectivity index (χ2n) is 5.61. The van der Waals surface area contributed by atoms with Crippen LogP contribution in [0.2, 0.25) is 0 Å². The summed E-state index contributed by atoms with van der Waals surface area (Å²) in [5.74, 6) is 0. The van der Waals surface area contributed by atoms with Crippen LogP contribution in [0.1, 0.15) is 25.3 Å². The van der Waals surface area contributed by atoms with Crippen molar-refractivity contribution in [1.29, 1.82) is 0 Å². The summed E-state index contributed by atoms with van der Waals surface area (Å²) in [7, 11) is -3.20. The molecule has 6 nitrogen and oxygen atoms in total. The largest absolute Gasteiger partial charge is 0.334 e. The van der Waals surface area contributed by atoms with Crippen molar-refractivity contribution in [2.24, 2.45) is 0 Å². The molecule has 1 aliphatic rings. The maximum Gasteiger partial charge on any atom is 0.319 e. The Bertz CT molecular complexity index is 631. The van der Waals surface area contributed by atoms with E-state index in [9.17, 15) is 13.2 Å². The molecule has 0 radical (unpaired) electrons. The van der Waals surface area contributed by atoms with Crippen molar-refractivity contribution in [2.75, 3.05) is 24.7 Å². The van der Waals surface area contributed by atoms with E-state index in [0.717, 1.165) is 30.5 Å². The van der Waals surface area contributed by atoms with Gasteiger partial charge in [-0.25, -0.2) is 17.5 Å². The number of urea groups is 1. The van der Waals surface area contributed by atoms with Gasteiger partial charge >= 0.3 is 6.03 Å². The predicted molar refractivity (Wildman–Crippen MR) is 87.4 cm³/mol. The lowest BCUT2D eigenvalue weighted by molar-refractivity contribution is 0.236. The van der Waals surface area contributed by atoms with E-state index in [0.29, 0.717) is 13.1 Å². The number of hydrogen-bond donors (Lipinski definition) is 2. The SMILES string of the molecule is CCc1cccc(NC(=O)N[C@@H]2CCCN(S(C)(=O)=O)C2)c1. The molecule has 22 heavy (non-hydrogen) atoms. The van der Waals surface area contributed by atoms with Crippen LogP contribution in [-0.4, -0.2) is 44.1 Å². The summed E-state index contributed by atoms with van der Waals surface area (Å²) in [6, 6.07) is 7.23. The van der Waals surface area contributed by atoms with Crippen molar-refractivity contribution in [2.45, 2.75) is 32.2 Å². The molecular formula is C15H23N3O3S. The summed E-state index contributed by atoms with van der Waals surface area (Å²) < 4.78 is 24.6. The molecule has 1 atom stereocenters. The molecule has 0 unspecified atom stereocenters. The van der Waals surface area contributed by atoms with Crippen LogP contribution in [-0.2, 0) is 16.4 Å². The zero-order chi connectivity index (χ0) is 16.2. The molecule has 1 fully saturated rings. The normalized spacial score (nSPS) is 19.6. The molecule has 2 rings (SSSR count). The number of rotatable bonds is 4. The molecule has 1 aromatic rings. The second kappa shape index (κ2) is 7.11. The van der Waals surface area contributed by atoms with E-state index >= 15 is 0 Å². The minimum atomic E-state index is -3.20. The van der Waals surface area contributed by atoms with E-state index in [4.69, 9.17) is 0 Å². The Balaban J connectivity index is 1.91. The number of nitrogens with zero attached hydrogens (tertiary/aromatic N) is 1. The van der Waals surface area contributed by atoms with E-state index in [-0.39, 0.29) is 12.1 Å². The zero-order valence-corrected chi connectivity index (χ0v) is 13.8. The predicted octanol–water partition coefficient (Wildman–Crippen LogP) is 1.79. The third-order valence-corrected chi connectivity index (χ3v) is 5.05. The monoisotopic (exact) mass is 325 g/mol. The number of sulfonamides is 1. The number of carbonyl (C=O) groups is 1. The first-order valence-electron chi connectivity index (χ1n) is 7.50. The topological polar surface area (TPSA) is 78.5 Å². The molecule has 1 heterocycles. The minimum absolute atomic E-state index is 0.155. The standard InChI is InChI=1S/C15H23N3O3S/c1-3-12-6-4-7-13(10-12)16-15(19)17-14-8-5-9-18(11-14)22(2,20)21/h4,6-7,10,14H,3,5,8-9,11H2,1-2H3,(H2,16,17,19)/t14-/m1/s1. The first-order chi connectivity index (χ1) is 10.4. The maximum absolute atomic E-state index is 12.0. The van der Waals surface area contributed by atoms with Crippen LogP contribution in [0.5, 0.6) is 0 Å². The highest BCUT2D eigenvalue weighted by molar-refractivity contribution is 7.88. The number of anilines is 1. The van der Waals surface area contributed by atoms with Crippen molar-refractivity contribution >= 4 is 21.7 Å². The summed E-state index contributed by atoms with van der Waals surface area (Å²) in [6.45, 7) is 2.92. The Morgan fingerprint density at radius 3 is 2.86 bits per heavy atom. The van der Waals surface area contributed by atoms with Gasteiger partial charge in [0.25, 0.3) is 0 Å². The summed E-state index contributed by atoms with van der Waals surface area (Å²) in [5, 5.41) is 5.65. The number of nitrogens with one attached hydrogen (secondary N) is 2. The van der Waals surface area contributed by atoms with Crippen molar-refractivity contribution in [3.05, 3.63) is 29.8 Å². The molecule has 0 aromatic heterocycles. The lowest BCUT2D eigenvalue weighted by Crippen LogP contribution is -2.50. The van der Waals surface area contributed by atoms with Gasteiger partial charge in [0.1, 0.15) is 0 Å². The Morgan fingerprint density at radius 2 is 2.18 bits per heavy atom. The van der Waals surface area contributed by atoms with Crippen molar-refractivity contribution < 1.29 is 13.2 Å². The van der Waals surface area contributed by atoms with E-state index in [2.05, 4.69) is 17.6 Å². The molecule has 1 aromatic carbocycles. The second-order valence-corrected chi connectivity index (χ2v) is 7.59. The first kappa shape index (κ1) is 16.8. The average Bonchev–Trinajstić information content (AvgIpc) is 2.46. The van der Waals surface area contributed by atoms with Crippen LogP contribution in [0.3, 0.4) is 0 Å².